The van der Waals surface area contributed by atoms with Gasteiger partial charge in [-0.05, 0) is 31.0 Å². The van der Waals surface area contributed by atoms with Crippen LogP contribution in [0.1, 0.15) is 12.5 Å². The van der Waals surface area contributed by atoms with E-state index in [1.807, 2.05) is 6.92 Å². The van der Waals surface area contributed by atoms with Crippen molar-refractivity contribution >= 4 is 0 Å². The van der Waals surface area contributed by atoms with Crippen LogP contribution in [-0.2, 0) is 11.2 Å². The van der Waals surface area contributed by atoms with Crippen LogP contribution in [0, 0.1) is 22.6 Å². The second-order valence-electron chi connectivity index (χ2n) is 4.26. The van der Waals surface area contributed by atoms with Gasteiger partial charge in [0.2, 0.25) is 0 Å². The molecule has 0 aliphatic carbocycles. The fraction of sp³-hybridized carbons (Fsp3) is 0.462. The normalized spacial score (nSPS) is 17.0. The number of rotatable bonds is 4. The quantitative estimate of drug-likeness (QED) is 0.804. The first-order valence-corrected chi connectivity index (χ1v) is 5.59. The van der Waals surface area contributed by atoms with Gasteiger partial charge in [-0.3, -0.25) is 0 Å². The van der Waals surface area contributed by atoms with E-state index in [2.05, 4.69) is 6.07 Å². The van der Waals surface area contributed by atoms with Crippen molar-refractivity contribution in [2.24, 2.45) is 5.41 Å². The fourth-order valence-corrected chi connectivity index (χ4v) is 1.87. The summed E-state index contributed by atoms with van der Waals surface area (Å²) in [4.78, 5) is 0. The molecule has 0 bridgehead atoms. The maximum Gasteiger partial charge on any atom is 0.165 e. The van der Waals surface area contributed by atoms with Crippen molar-refractivity contribution in [3.05, 3.63) is 29.6 Å². The van der Waals surface area contributed by atoms with Gasteiger partial charge < -0.3 is 9.47 Å². The Morgan fingerprint density at radius 3 is 2.76 bits per heavy atom. The van der Waals surface area contributed by atoms with Gasteiger partial charge in [0, 0.05) is 0 Å². The molecule has 1 fully saturated rings. The number of halogens is 1. The molecular weight excluding hydrogens is 221 g/mol. The number of hydrogen-bond acceptors (Lipinski definition) is 3. The number of benzene rings is 1. The SMILES string of the molecule is CCOc1ccc(CC2(C#N)COC2)cc1F. The van der Waals surface area contributed by atoms with Gasteiger partial charge in [-0.25, -0.2) is 4.39 Å². The highest BCUT2D eigenvalue weighted by Gasteiger charge is 2.39. The molecule has 0 aromatic heterocycles. The molecule has 1 aromatic carbocycles. The Morgan fingerprint density at radius 2 is 2.29 bits per heavy atom. The van der Waals surface area contributed by atoms with Crippen molar-refractivity contribution in [3.8, 4) is 11.8 Å². The molecule has 0 saturated carbocycles. The highest BCUT2D eigenvalue weighted by atomic mass is 19.1. The molecule has 0 unspecified atom stereocenters. The lowest BCUT2D eigenvalue weighted by Gasteiger charge is -2.35. The van der Waals surface area contributed by atoms with Crippen LogP contribution in [0.25, 0.3) is 0 Å². The Balaban J connectivity index is 2.12. The summed E-state index contributed by atoms with van der Waals surface area (Å²) in [5.74, 6) is -0.121. The van der Waals surface area contributed by atoms with Gasteiger partial charge >= 0.3 is 0 Å². The van der Waals surface area contributed by atoms with E-state index < -0.39 is 5.41 Å². The lowest BCUT2D eigenvalue weighted by molar-refractivity contribution is -0.0765. The molecule has 1 aliphatic rings. The van der Waals surface area contributed by atoms with Crippen molar-refractivity contribution in [3.63, 3.8) is 0 Å². The van der Waals surface area contributed by atoms with Crippen LogP contribution in [0.5, 0.6) is 5.75 Å². The zero-order valence-electron chi connectivity index (χ0n) is 9.70. The van der Waals surface area contributed by atoms with Crippen LogP contribution < -0.4 is 4.74 Å². The van der Waals surface area contributed by atoms with Crippen molar-refractivity contribution in [2.75, 3.05) is 19.8 Å². The van der Waals surface area contributed by atoms with Crippen LogP contribution in [0.4, 0.5) is 4.39 Å². The van der Waals surface area contributed by atoms with E-state index in [0.29, 0.717) is 26.2 Å². The molecule has 1 saturated heterocycles. The number of ether oxygens (including phenoxy) is 2. The summed E-state index contributed by atoms with van der Waals surface area (Å²) in [6, 6.07) is 7.08. The van der Waals surface area contributed by atoms with Crippen molar-refractivity contribution in [1.82, 2.24) is 0 Å². The molecule has 0 spiro atoms. The van der Waals surface area contributed by atoms with Crippen molar-refractivity contribution < 1.29 is 13.9 Å². The third-order valence-electron chi connectivity index (χ3n) is 2.83. The fourth-order valence-electron chi connectivity index (χ4n) is 1.87. The van der Waals surface area contributed by atoms with E-state index >= 15 is 0 Å². The lowest BCUT2D eigenvalue weighted by Crippen LogP contribution is -2.43. The zero-order chi connectivity index (χ0) is 12.3. The van der Waals surface area contributed by atoms with Gasteiger partial charge in [0.1, 0.15) is 5.41 Å². The largest absolute Gasteiger partial charge is 0.491 e. The lowest BCUT2D eigenvalue weighted by atomic mass is 9.81. The van der Waals surface area contributed by atoms with E-state index in [-0.39, 0.29) is 11.6 Å². The van der Waals surface area contributed by atoms with Crippen LogP contribution in [0.3, 0.4) is 0 Å². The molecule has 1 aliphatic heterocycles. The van der Waals surface area contributed by atoms with Gasteiger partial charge in [-0.15, -0.1) is 0 Å². The van der Waals surface area contributed by atoms with E-state index in [9.17, 15) is 4.39 Å². The summed E-state index contributed by atoms with van der Waals surface area (Å²) in [5.41, 5.74) is 0.329. The number of nitriles is 1. The molecule has 1 aromatic rings. The summed E-state index contributed by atoms with van der Waals surface area (Å²) in [6.07, 6.45) is 0.521. The maximum atomic E-state index is 13.6. The van der Waals surface area contributed by atoms with Crippen molar-refractivity contribution in [2.45, 2.75) is 13.3 Å². The Bertz CT molecular complexity index is 449. The van der Waals surface area contributed by atoms with Gasteiger partial charge in [-0.1, -0.05) is 6.07 Å². The van der Waals surface area contributed by atoms with E-state index in [1.165, 1.54) is 6.07 Å². The molecule has 0 radical (unpaired) electrons. The third kappa shape index (κ3) is 2.40. The van der Waals surface area contributed by atoms with Gasteiger partial charge in [0.25, 0.3) is 0 Å². The number of hydrogen-bond donors (Lipinski definition) is 0. The minimum Gasteiger partial charge on any atom is -0.491 e. The second-order valence-corrected chi connectivity index (χ2v) is 4.26. The Morgan fingerprint density at radius 1 is 1.53 bits per heavy atom. The zero-order valence-corrected chi connectivity index (χ0v) is 9.70. The molecule has 1 heterocycles. The molecule has 0 N–H and O–H groups in total. The van der Waals surface area contributed by atoms with Crippen LogP contribution in [0.15, 0.2) is 18.2 Å². The smallest absolute Gasteiger partial charge is 0.165 e. The molecule has 0 atom stereocenters. The molecule has 90 valence electrons. The van der Waals surface area contributed by atoms with Gasteiger partial charge in [-0.2, -0.15) is 5.26 Å². The highest BCUT2D eigenvalue weighted by molar-refractivity contribution is 5.31. The van der Waals surface area contributed by atoms with E-state index in [4.69, 9.17) is 14.7 Å². The molecule has 17 heavy (non-hydrogen) atoms. The summed E-state index contributed by atoms with van der Waals surface area (Å²) in [7, 11) is 0. The molecule has 3 nitrogen and oxygen atoms in total. The Kier molecular flexibility index (Phi) is 3.30. The molecule has 0 amide bonds. The third-order valence-corrected chi connectivity index (χ3v) is 2.83. The highest BCUT2D eigenvalue weighted by Crippen LogP contribution is 2.32. The first-order chi connectivity index (χ1) is 8.19. The van der Waals surface area contributed by atoms with Gasteiger partial charge in [0.15, 0.2) is 11.6 Å². The summed E-state index contributed by atoms with van der Waals surface area (Å²) < 4.78 is 23.8. The average Bonchev–Trinajstić information content (AvgIpc) is 2.27. The van der Waals surface area contributed by atoms with Crippen molar-refractivity contribution in [1.29, 1.82) is 5.26 Å². The van der Waals surface area contributed by atoms with Crippen LogP contribution in [-0.4, -0.2) is 19.8 Å². The summed E-state index contributed by atoms with van der Waals surface area (Å²) in [5, 5.41) is 9.06. The minimum absolute atomic E-state index is 0.257. The number of nitrogens with zero attached hydrogens (tertiary/aromatic N) is 1. The topological polar surface area (TPSA) is 42.2 Å². The van der Waals surface area contributed by atoms with Crippen LogP contribution in [0.2, 0.25) is 0 Å². The minimum atomic E-state index is -0.473. The Labute approximate surface area is 99.8 Å². The Hall–Kier alpha value is -1.60. The first-order valence-electron chi connectivity index (χ1n) is 5.59. The molecule has 4 heteroatoms. The predicted octanol–water partition coefficient (Wildman–Crippen LogP) is 2.31. The van der Waals surface area contributed by atoms with Crippen LogP contribution >= 0.6 is 0 Å². The molecule has 2 rings (SSSR count). The molecular formula is C13H14FNO2. The standard InChI is InChI=1S/C13H14FNO2/c1-2-17-12-4-3-10(5-11(12)14)6-13(7-15)8-16-9-13/h3-5H,2,6,8-9H2,1H3. The summed E-state index contributed by atoms with van der Waals surface area (Å²) >= 11 is 0. The monoisotopic (exact) mass is 235 g/mol. The van der Waals surface area contributed by atoms with E-state index in [0.717, 1.165) is 5.56 Å². The average molecular weight is 235 g/mol. The maximum absolute atomic E-state index is 13.6. The first kappa shape index (κ1) is 11.9. The van der Waals surface area contributed by atoms with Gasteiger partial charge in [0.05, 0.1) is 25.9 Å². The van der Waals surface area contributed by atoms with E-state index in [1.54, 1.807) is 12.1 Å². The predicted molar refractivity (Wildman–Crippen MR) is 60.1 cm³/mol. The second kappa shape index (κ2) is 4.72. The summed E-state index contributed by atoms with van der Waals surface area (Å²) in [6.45, 7) is 3.10.